The van der Waals surface area contributed by atoms with E-state index in [1.165, 1.54) is 114 Å². The normalized spacial score (nSPS) is 10.8. The number of nitrogens with zero attached hydrogens (tertiary/aromatic N) is 6. The van der Waals surface area contributed by atoms with Crippen LogP contribution in [0.15, 0.2) is 295 Å². The van der Waals surface area contributed by atoms with Gasteiger partial charge in [-0.15, -0.1) is 0 Å². The highest BCUT2D eigenvalue weighted by Crippen LogP contribution is 2.40. The Morgan fingerprint density at radius 3 is 1.28 bits per heavy atom. The summed E-state index contributed by atoms with van der Waals surface area (Å²) >= 11 is 24.3. The van der Waals surface area contributed by atoms with Crippen molar-refractivity contribution >= 4 is 262 Å². The number of anilines is 8. The van der Waals surface area contributed by atoms with Gasteiger partial charge in [-0.3, -0.25) is 49.5 Å². The zero-order chi connectivity index (χ0) is 88.8. The highest BCUT2D eigenvalue weighted by atomic mass is 127. The van der Waals surface area contributed by atoms with Gasteiger partial charge in [0.15, 0.2) is 0 Å². The summed E-state index contributed by atoms with van der Waals surface area (Å²) in [5.74, 6) is -5.08. The van der Waals surface area contributed by atoms with Gasteiger partial charge >= 0.3 is 5.97 Å². The summed E-state index contributed by atoms with van der Waals surface area (Å²) < 4.78 is 73.2. The van der Waals surface area contributed by atoms with E-state index in [1.807, 2.05) is 171 Å². The van der Waals surface area contributed by atoms with Gasteiger partial charge in [0.1, 0.15) is 45.8 Å². The zero-order valence-electron chi connectivity index (χ0n) is 62.2. The number of carbonyl (C=O) groups is 5. The second-order valence-electron chi connectivity index (χ2n) is 25.3. The molecule has 0 saturated carbocycles. The molecule has 0 aromatic heterocycles. The van der Waals surface area contributed by atoms with E-state index >= 15 is 0 Å². The molecule has 0 spiro atoms. The molecule has 0 radical (unpaired) electrons. The summed E-state index contributed by atoms with van der Waals surface area (Å²) in [4.78, 5) is 97.9. The number of rotatable bonds is 16. The van der Waals surface area contributed by atoms with Crippen LogP contribution in [-0.2, 0) is 19.6 Å². The van der Waals surface area contributed by atoms with Crippen molar-refractivity contribution in [3.8, 4) is 0 Å². The van der Waals surface area contributed by atoms with Gasteiger partial charge in [-0.2, -0.15) is 0 Å². The minimum Gasteiger partial charge on any atom is -0.477 e. The number of hydrogen-bond donors (Lipinski definition) is 5. The predicted octanol–water partition coefficient (Wildman–Crippen LogP) is 25.5. The number of nitrogens with one attached hydrogen (secondary N) is 2. The van der Waals surface area contributed by atoms with Crippen LogP contribution in [0.1, 0.15) is 68.5 Å². The number of carboxylic acids is 1. The lowest BCUT2D eigenvalue weighted by Gasteiger charge is -2.25. The molecule has 1 aliphatic rings. The molecule has 1 heterocycles. The Hall–Kier alpha value is -10.2. The van der Waals surface area contributed by atoms with Crippen LogP contribution in [0.2, 0.25) is 0 Å². The Balaban J connectivity index is 0.000000171. The summed E-state index contributed by atoms with van der Waals surface area (Å²) in [6.07, 6.45) is 0. The summed E-state index contributed by atoms with van der Waals surface area (Å²) in [6, 6.07) is 72.3. The number of carbonyl (C=O) groups excluding carboxylic acids is 4. The number of amides is 4. The Labute approximate surface area is 789 Å². The first-order valence-electron chi connectivity index (χ1n) is 34.9. The fourth-order valence-corrected chi connectivity index (χ4v) is 15.1. The fraction of sp³-hybridized carbons (Fsp3) is 0.0349. The van der Waals surface area contributed by atoms with Crippen LogP contribution in [-0.4, -0.2) is 49.5 Å². The number of benzene rings is 13. The van der Waals surface area contributed by atoms with E-state index in [2.05, 4.69) is 113 Å². The number of nitro groups is 3. The number of aromatic carboxylic acids is 1. The van der Waals surface area contributed by atoms with Crippen molar-refractivity contribution in [2.75, 3.05) is 36.8 Å². The van der Waals surface area contributed by atoms with Gasteiger partial charge in [0.05, 0.1) is 79.7 Å². The highest BCUT2D eigenvalue weighted by molar-refractivity contribution is 14.1. The van der Waals surface area contributed by atoms with Gasteiger partial charge < -0.3 is 41.9 Å². The smallest absolute Gasteiger partial charge is 0.342 e. The second-order valence-corrected chi connectivity index (χ2v) is 34.6. The van der Waals surface area contributed by atoms with Crippen LogP contribution in [0.4, 0.5) is 84.5 Å². The van der Waals surface area contributed by atoms with E-state index in [0.29, 0.717) is 84.6 Å². The Morgan fingerprint density at radius 1 is 0.418 bits per heavy atom. The van der Waals surface area contributed by atoms with E-state index in [9.17, 15) is 76.3 Å². The van der Waals surface area contributed by atoms with Gasteiger partial charge in [-0.05, 0) is 271 Å². The summed E-state index contributed by atoms with van der Waals surface area (Å²) in [7, 11) is 0. The number of nitro benzene ring substituents is 3. The van der Waals surface area contributed by atoms with E-state index in [4.69, 9.17) is 16.6 Å². The third kappa shape index (κ3) is 26.9. The maximum atomic E-state index is 13.9. The first-order chi connectivity index (χ1) is 58.0. The average molecular weight is 2430 g/mol. The third-order valence-electron chi connectivity index (χ3n) is 17.0. The molecule has 0 bridgehead atoms. The SMILES string of the molecule is Nc1cc(F)ccc1I.Nc1ccc(Br)cc1C(=O)N(Cc1ccccc1)c1cc(F)ccc1I.O=C(Nc1cc(F)ccc1I)c1cc(Br)ccc1[N+](=O)[O-].O=C(O)c1cc(Br)ccc1[N+](=O)[O-].O=C(c1cc(Br)ccc1[N+](=O)[O-])N(Cc1ccccc1)c1cc(F)ccc1I.O=C1c2cc(Br)ccc2Nc2ccc(F)cc2N1Cc1ccccc1. The maximum absolute atomic E-state index is 13.9. The molecule has 13 aromatic carbocycles. The fourth-order valence-electron chi connectivity index (χ4n) is 11.2. The molecule has 1 aliphatic heterocycles. The van der Waals surface area contributed by atoms with E-state index in [-0.39, 0.29) is 63.7 Å². The van der Waals surface area contributed by atoms with Gasteiger partial charge in [0.25, 0.3) is 40.7 Å². The average Bonchev–Trinajstić information content (AvgIpc) is 1.50. The summed E-state index contributed by atoms with van der Waals surface area (Å²) in [6.45, 7) is 0.817. The monoisotopic (exact) mass is 2420 g/mol. The number of carboxylic acid groups (broad SMARTS) is 1. The largest absolute Gasteiger partial charge is 0.477 e. The second kappa shape index (κ2) is 45.2. The summed E-state index contributed by atoms with van der Waals surface area (Å²) in [5.41, 5.74) is 17.4. The lowest BCUT2D eigenvalue weighted by atomic mass is 10.1. The van der Waals surface area contributed by atoms with Crippen LogP contribution in [0.3, 0.4) is 0 Å². The minimum atomic E-state index is -1.31. The minimum absolute atomic E-state index is 0.0737. The van der Waals surface area contributed by atoms with Crippen molar-refractivity contribution in [2.24, 2.45) is 0 Å². The van der Waals surface area contributed by atoms with Gasteiger partial charge in [0.2, 0.25) is 0 Å². The van der Waals surface area contributed by atoms with Crippen molar-refractivity contribution in [1.29, 1.82) is 0 Å². The van der Waals surface area contributed by atoms with Gasteiger partial charge in [-0.1, -0.05) is 171 Å². The maximum Gasteiger partial charge on any atom is 0.342 e. The van der Waals surface area contributed by atoms with E-state index in [0.717, 1.165) is 44.9 Å². The molecular weight excluding hydrogens is 2370 g/mol. The van der Waals surface area contributed by atoms with Gasteiger partial charge in [0, 0.05) is 66.2 Å². The molecule has 7 N–H and O–H groups in total. The van der Waals surface area contributed by atoms with E-state index in [1.54, 1.807) is 58.3 Å². The van der Waals surface area contributed by atoms with Crippen molar-refractivity contribution in [2.45, 2.75) is 19.6 Å². The lowest BCUT2D eigenvalue weighted by Crippen LogP contribution is -2.31. The number of fused-ring (bicyclic) bond motifs is 2. The van der Waals surface area contributed by atoms with E-state index < -0.39 is 55.7 Å². The van der Waals surface area contributed by atoms with Crippen LogP contribution in [0, 0.1) is 73.7 Å². The highest BCUT2D eigenvalue weighted by Gasteiger charge is 2.31. The van der Waals surface area contributed by atoms with Crippen LogP contribution < -0.4 is 36.8 Å². The summed E-state index contributed by atoms with van der Waals surface area (Å²) in [5, 5.41) is 47.1. The first kappa shape index (κ1) is 95.6. The van der Waals surface area contributed by atoms with Crippen LogP contribution in [0.25, 0.3) is 0 Å². The van der Waals surface area contributed by atoms with Crippen LogP contribution in [0.5, 0.6) is 0 Å². The molecule has 4 amide bonds. The predicted molar refractivity (Wildman–Crippen MR) is 511 cm³/mol. The Bertz CT molecular complexity index is 6120. The molecular formula is C86H58Br5F5I4N10O12. The van der Waals surface area contributed by atoms with Gasteiger partial charge in [-0.25, -0.2) is 26.7 Å². The molecule has 13 aromatic rings. The Kier molecular flexibility index (Phi) is 35.5. The molecule has 36 heteroatoms. The van der Waals surface area contributed by atoms with Crippen LogP contribution >= 0.6 is 170 Å². The molecule has 14 rings (SSSR count). The molecule has 22 nitrogen and oxygen atoms in total. The van der Waals surface area contributed by atoms with Crippen molar-refractivity contribution in [3.05, 3.63) is 414 Å². The quantitative estimate of drug-likeness (QED) is 0.0197. The first-order valence-corrected chi connectivity index (χ1v) is 43.2. The standard InChI is InChI=1S/C20H13BrFIN2O3.C20H15BrFIN2O.C20H14BrFN2O.C13H7BrFIN2O3.C7H4BrNO4.C6H5FIN/c21-14-6-9-18(25(27)28)16(10-14)20(26)24(12-13-4-2-1-3-5-13)19-11-15(22)7-8-17(19)23;21-14-6-9-18(24)16(10-14)20(26)25(12-13-4-2-1-3-5-13)19-11-15(22)7-8-17(19)23;21-14-6-8-17-16(10-14)20(25)24(12-13-4-2-1-3-5-13)19-11-15(22)7-9-18(19)23-17;14-7-1-4-12(18(20)21)9(5-7)13(19)17-11-6-8(15)2-3-10(11)16;8-4-1-2-6(9(12)13)5(3-4)7(10)11;7-4-1-2-5(8)6(9)3-4/h1-11H,12H2;1-11H,12,24H2;1-11,23H,12H2;1-6H,(H,17,19);1-3H,(H,10,11);1-3H,9H2. The zero-order valence-corrected chi connectivity index (χ0v) is 78.7. The molecule has 122 heavy (non-hydrogen) atoms. The Morgan fingerprint density at radius 2 is 0.795 bits per heavy atom. The van der Waals surface area contributed by atoms with Crippen molar-refractivity contribution in [3.63, 3.8) is 0 Å². The molecule has 0 fully saturated rings. The number of hydrogen-bond acceptors (Lipinski definition) is 14. The number of halogens is 14. The number of nitrogen functional groups attached to an aromatic ring is 2. The molecule has 0 aliphatic carbocycles. The lowest BCUT2D eigenvalue weighted by molar-refractivity contribution is -0.385. The molecule has 0 unspecified atom stereocenters. The van der Waals surface area contributed by atoms with Crippen molar-refractivity contribution in [1.82, 2.24) is 0 Å². The number of nitrogens with two attached hydrogens (primary N) is 2. The molecule has 0 atom stereocenters. The third-order valence-corrected chi connectivity index (χ3v) is 23.2. The molecule has 622 valence electrons. The topological polar surface area (TPSA) is 321 Å². The van der Waals surface area contributed by atoms with Crippen molar-refractivity contribution < 1.29 is 65.8 Å². The molecule has 0 saturated heterocycles.